The number of sulfonamides is 1. The van der Waals surface area contributed by atoms with E-state index in [4.69, 9.17) is 0 Å². The van der Waals surface area contributed by atoms with Gasteiger partial charge < -0.3 is 4.57 Å². The summed E-state index contributed by atoms with van der Waals surface area (Å²) in [5, 5.41) is 5.89. The van der Waals surface area contributed by atoms with Gasteiger partial charge in [-0.05, 0) is 66.9 Å². The van der Waals surface area contributed by atoms with Crippen molar-refractivity contribution in [3.8, 4) is 5.69 Å². The Bertz CT molecular complexity index is 1370. The maximum absolute atomic E-state index is 12.7. The third kappa shape index (κ3) is 4.25. The van der Waals surface area contributed by atoms with Gasteiger partial charge in [-0.3, -0.25) is 0 Å². The van der Waals surface area contributed by atoms with Gasteiger partial charge in [-0.25, -0.2) is 4.83 Å². The van der Waals surface area contributed by atoms with Crippen LogP contribution in [0.5, 0.6) is 0 Å². The fourth-order valence-electron chi connectivity index (χ4n) is 3.75. The minimum atomic E-state index is -3.75. The number of nitrogens with zero attached hydrogens (tertiary/aromatic N) is 2. The summed E-state index contributed by atoms with van der Waals surface area (Å²) in [7, 11) is -3.75. The highest BCUT2D eigenvalue weighted by Crippen LogP contribution is 2.21. The summed E-state index contributed by atoms with van der Waals surface area (Å²) in [6.45, 7) is 6.16. The zero-order valence-corrected chi connectivity index (χ0v) is 18.6. The Morgan fingerprint density at radius 1 is 0.935 bits per heavy atom. The van der Waals surface area contributed by atoms with E-state index in [1.54, 1.807) is 24.4 Å². The fourth-order valence-corrected chi connectivity index (χ4v) is 4.58. The van der Waals surface area contributed by atoms with Gasteiger partial charge in [0.05, 0.1) is 11.1 Å². The SMILES string of the molecule is CCc1ccc(-n2c(C)cc(/C=N/NS(=O)(=O)c3ccc4ccccc4c3)c2C)cc1. The molecule has 0 bridgehead atoms. The second-order valence-corrected chi connectivity index (χ2v) is 9.20. The minimum Gasteiger partial charge on any atom is -0.318 e. The van der Waals surface area contributed by atoms with Gasteiger partial charge in [0.1, 0.15) is 0 Å². The highest BCUT2D eigenvalue weighted by Gasteiger charge is 2.14. The van der Waals surface area contributed by atoms with Crippen LogP contribution in [0.25, 0.3) is 16.5 Å². The first-order valence-electron chi connectivity index (χ1n) is 10.2. The summed E-state index contributed by atoms with van der Waals surface area (Å²) >= 11 is 0. The second kappa shape index (κ2) is 8.40. The van der Waals surface area contributed by atoms with Crippen molar-refractivity contribution in [3.05, 3.63) is 95.3 Å². The first-order valence-corrected chi connectivity index (χ1v) is 11.7. The van der Waals surface area contributed by atoms with Crippen molar-refractivity contribution in [1.82, 2.24) is 9.40 Å². The van der Waals surface area contributed by atoms with Gasteiger partial charge in [0.15, 0.2) is 0 Å². The number of aromatic nitrogens is 1. The van der Waals surface area contributed by atoms with Crippen molar-refractivity contribution in [1.29, 1.82) is 0 Å². The molecule has 0 radical (unpaired) electrons. The van der Waals surface area contributed by atoms with Crippen LogP contribution in [0.1, 0.15) is 29.4 Å². The van der Waals surface area contributed by atoms with E-state index in [1.165, 1.54) is 5.56 Å². The molecule has 0 fully saturated rings. The molecule has 0 unspecified atom stereocenters. The topological polar surface area (TPSA) is 63.5 Å². The third-order valence-electron chi connectivity index (χ3n) is 5.48. The molecule has 1 aromatic heterocycles. The van der Waals surface area contributed by atoms with E-state index < -0.39 is 10.0 Å². The van der Waals surface area contributed by atoms with Crippen molar-refractivity contribution in [3.63, 3.8) is 0 Å². The highest BCUT2D eigenvalue weighted by atomic mass is 32.2. The van der Waals surface area contributed by atoms with E-state index in [-0.39, 0.29) is 4.90 Å². The van der Waals surface area contributed by atoms with Gasteiger partial charge >= 0.3 is 0 Å². The summed E-state index contributed by atoms with van der Waals surface area (Å²) in [5.74, 6) is 0. The zero-order chi connectivity index (χ0) is 22.0. The van der Waals surface area contributed by atoms with Crippen LogP contribution in [-0.4, -0.2) is 19.2 Å². The van der Waals surface area contributed by atoms with Gasteiger partial charge in [0, 0.05) is 22.6 Å². The number of benzene rings is 3. The molecule has 5 nitrogen and oxygen atoms in total. The molecule has 6 heteroatoms. The minimum absolute atomic E-state index is 0.185. The summed E-state index contributed by atoms with van der Waals surface area (Å²) in [6.07, 6.45) is 2.55. The quantitative estimate of drug-likeness (QED) is 0.340. The predicted octanol–water partition coefficient (Wildman–Crippen LogP) is 5.12. The Labute approximate surface area is 183 Å². The molecule has 4 aromatic rings. The van der Waals surface area contributed by atoms with Crippen molar-refractivity contribution in [2.75, 3.05) is 0 Å². The van der Waals surface area contributed by atoms with Crippen LogP contribution in [0.2, 0.25) is 0 Å². The molecule has 0 aliphatic heterocycles. The van der Waals surface area contributed by atoms with Crippen molar-refractivity contribution >= 4 is 27.0 Å². The van der Waals surface area contributed by atoms with Crippen LogP contribution in [0.3, 0.4) is 0 Å². The van der Waals surface area contributed by atoms with Crippen LogP contribution in [0, 0.1) is 13.8 Å². The van der Waals surface area contributed by atoms with Crippen molar-refractivity contribution in [2.24, 2.45) is 5.10 Å². The molecular formula is C25H25N3O2S. The van der Waals surface area contributed by atoms with Gasteiger partial charge in [-0.1, -0.05) is 49.4 Å². The number of aryl methyl sites for hydroxylation is 2. The molecule has 0 spiro atoms. The van der Waals surface area contributed by atoms with Crippen molar-refractivity contribution in [2.45, 2.75) is 32.1 Å². The molecule has 31 heavy (non-hydrogen) atoms. The average Bonchev–Trinajstić information content (AvgIpc) is 3.06. The molecule has 0 saturated heterocycles. The molecule has 0 amide bonds. The smallest absolute Gasteiger partial charge is 0.276 e. The van der Waals surface area contributed by atoms with E-state index in [0.717, 1.165) is 39.8 Å². The Morgan fingerprint density at radius 2 is 1.65 bits per heavy atom. The number of hydrogen-bond donors (Lipinski definition) is 1. The summed E-state index contributed by atoms with van der Waals surface area (Å²) in [6, 6.07) is 23.1. The Hall–Kier alpha value is -3.38. The molecule has 4 rings (SSSR count). The van der Waals surface area contributed by atoms with Crippen LogP contribution in [0.4, 0.5) is 0 Å². The Kier molecular flexibility index (Phi) is 5.65. The molecule has 1 heterocycles. The van der Waals surface area contributed by atoms with E-state index in [2.05, 4.69) is 45.7 Å². The van der Waals surface area contributed by atoms with Gasteiger partial charge in [-0.15, -0.1) is 0 Å². The highest BCUT2D eigenvalue weighted by molar-refractivity contribution is 7.89. The molecule has 158 valence electrons. The van der Waals surface area contributed by atoms with Crippen LogP contribution in [0.15, 0.2) is 82.8 Å². The average molecular weight is 432 g/mol. The molecule has 3 aromatic carbocycles. The fraction of sp³-hybridized carbons (Fsp3) is 0.160. The number of nitrogens with one attached hydrogen (secondary N) is 1. The van der Waals surface area contributed by atoms with E-state index in [1.807, 2.05) is 44.2 Å². The molecule has 0 aliphatic rings. The van der Waals surface area contributed by atoms with Crippen LogP contribution < -0.4 is 4.83 Å². The largest absolute Gasteiger partial charge is 0.318 e. The molecule has 0 aliphatic carbocycles. The molecule has 0 saturated carbocycles. The van der Waals surface area contributed by atoms with Crippen LogP contribution in [-0.2, 0) is 16.4 Å². The summed E-state index contributed by atoms with van der Waals surface area (Å²) < 4.78 is 27.5. The lowest BCUT2D eigenvalue weighted by Gasteiger charge is -2.10. The normalized spacial score (nSPS) is 12.0. The first kappa shape index (κ1) is 20.9. The third-order valence-corrected chi connectivity index (χ3v) is 6.70. The second-order valence-electron chi connectivity index (χ2n) is 7.54. The number of hydrazone groups is 1. The first-order chi connectivity index (χ1) is 14.9. The zero-order valence-electron chi connectivity index (χ0n) is 17.8. The maximum Gasteiger partial charge on any atom is 0.276 e. The number of hydrogen-bond acceptors (Lipinski definition) is 3. The van der Waals surface area contributed by atoms with Gasteiger partial charge in [0.2, 0.25) is 0 Å². The summed E-state index contributed by atoms with van der Waals surface area (Å²) in [5.41, 5.74) is 5.27. The van der Waals surface area contributed by atoms with Crippen molar-refractivity contribution < 1.29 is 8.42 Å². The van der Waals surface area contributed by atoms with E-state index in [0.29, 0.717) is 0 Å². The predicted molar refractivity (Wildman–Crippen MR) is 126 cm³/mol. The lowest BCUT2D eigenvalue weighted by molar-refractivity contribution is 0.585. The van der Waals surface area contributed by atoms with Gasteiger partial charge in [-0.2, -0.15) is 13.5 Å². The Balaban J connectivity index is 1.56. The van der Waals surface area contributed by atoms with E-state index in [9.17, 15) is 8.42 Å². The number of fused-ring (bicyclic) bond motifs is 1. The molecular weight excluding hydrogens is 406 g/mol. The van der Waals surface area contributed by atoms with E-state index >= 15 is 0 Å². The summed E-state index contributed by atoms with van der Waals surface area (Å²) in [4.78, 5) is 2.52. The lowest BCUT2D eigenvalue weighted by atomic mass is 10.1. The Morgan fingerprint density at radius 3 is 2.35 bits per heavy atom. The van der Waals surface area contributed by atoms with Crippen LogP contribution >= 0.6 is 0 Å². The van der Waals surface area contributed by atoms with Gasteiger partial charge in [0.25, 0.3) is 10.0 Å². The lowest BCUT2D eigenvalue weighted by Crippen LogP contribution is -2.18. The molecule has 1 N–H and O–H groups in total. The maximum atomic E-state index is 12.7. The molecule has 0 atom stereocenters. The standard InChI is InChI=1S/C25H25N3O2S/c1-4-20-9-12-24(13-10-20)28-18(2)15-23(19(28)3)17-26-27-31(29,30)25-14-11-21-7-5-6-8-22(21)16-25/h5-17,27H,4H2,1-3H3/b26-17+. The number of rotatable bonds is 6. The monoisotopic (exact) mass is 431 g/mol.